The number of methoxy groups -OCH3 is 1. The van der Waals surface area contributed by atoms with Crippen LogP contribution in [0, 0.1) is 5.92 Å². The number of aliphatic carboxylic acids is 1. The average molecular weight is 300 g/mol. The molecule has 0 spiro atoms. The molecule has 5 nitrogen and oxygen atoms in total. The van der Waals surface area contributed by atoms with Crippen LogP contribution in [0.3, 0.4) is 0 Å². The smallest absolute Gasteiger partial charge is 0.303 e. The van der Waals surface area contributed by atoms with Gasteiger partial charge in [0.05, 0.1) is 13.5 Å². The fourth-order valence-electron chi connectivity index (χ4n) is 1.78. The summed E-state index contributed by atoms with van der Waals surface area (Å²) in [7, 11) is 1.53. The van der Waals surface area contributed by atoms with E-state index in [9.17, 15) is 9.59 Å². The fraction of sp³-hybridized carbons (Fsp3) is 0.429. The molecule has 1 aromatic rings. The summed E-state index contributed by atoms with van der Waals surface area (Å²) in [4.78, 5) is 22.3. The predicted molar refractivity (Wildman–Crippen MR) is 76.1 cm³/mol. The second-order valence-corrected chi connectivity index (χ2v) is 5.08. The van der Waals surface area contributed by atoms with E-state index < -0.39 is 5.97 Å². The lowest BCUT2D eigenvalue weighted by molar-refractivity contribution is -0.138. The Morgan fingerprint density at radius 1 is 1.45 bits per heavy atom. The van der Waals surface area contributed by atoms with Crippen LogP contribution in [0.15, 0.2) is 18.2 Å². The summed E-state index contributed by atoms with van der Waals surface area (Å²) in [6.45, 7) is 2.10. The van der Waals surface area contributed by atoms with Crippen molar-refractivity contribution < 1.29 is 19.4 Å². The lowest BCUT2D eigenvalue weighted by atomic mass is 10.1. The number of nitrogens with one attached hydrogen (secondary N) is 1. The maximum absolute atomic E-state index is 11.8. The van der Waals surface area contributed by atoms with Crippen LogP contribution in [0.25, 0.3) is 0 Å². The van der Waals surface area contributed by atoms with E-state index in [4.69, 9.17) is 21.4 Å². The highest BCUT2D eigenvalue weighted by Crippen LogP contribution is 2.22. The van der Waals surface area contributed by atoms with Crippen molar-refractivity contribution in [3.05, 3.63) is 28.8 Å². The number of ether oxygens (including phenoxy) is 1. The number of amides is 1. The molecular formula is C14H18ClNO4. The quantitative estimate of drug-likeness (QED) is 0.808. The third kappa shape index (κ3) is 5.48. The Hall–Kier alpha value is -1.75. The van der Waals surface area contributed by atoms with Crippen LogP contribution in [0.4, 0.5) is 0 Å². The molecule has 0 aromatic heterocycles. The van der Waals surface area contributed by atoms with Crippen molar-refractivity contribution in [1.29, 1.82) is 0 Å². The lowest BCUT2D eigenvalue weighted by Gasteiger charge is -2.12. The zero-order valence-corrected chi connectivity index (χ0v) is 12.2. The van der Waals surface area contributed by atoms with Gasteiger partial charge in [0.25, 0.3) is 0 Å². The van der Waals surface area contributed by atoms with Crippen molar-refractivity contribution in [2.24, 2.45) is 5.92 Å². The number of carboxylic acids is 1. The summed E-state index contributed by atoms with van der Waals surface area (Å²) in [5, 5.41) is 11.9. The summed E-state index contributed by atoms with van der Waals surface area (Å²) < 4.78 is 5.16. The van der Waals surface area contributed by atoms with Gasteiger partial charge in [-0.25, -0.2) is 0 Å². The maximum Gasteiger partial charge on any atom is 0.303 e. The summed E-state index contributed by atoms with van der Waals surface area (Å²) in [6.07, 6.45) is 0.171. The van der Waals surface area contributed by atoms with Crippen LogP contribution < -0.4 is 10.1 Å². The van der Waals surface area contributed by atoms with Crippen molar-refractivity contribution in [2.75, 3.05) is 13.7 Å². The molecule has 1 atom stereocenters. The topological polar surface area (TPSA) is 75.6 Å². The molecule has 0 saturated carbocycles. The molecule has 20 heavy (non-hydrogen) atoms. The molecule has 0 saturated heterocycles. The monoisotopic (exact) mass is 299 g/mol. The van der Waals surface area contributed by atoms with Crippen LogP contribution >= 0.6 is 11.6 Å². The van der Waals surface area contributed by atoms with Crippen molar-refractivity contribution in [2.45, 2.75) is 19.8 Å². The standard InChI is InChI=1S/C14H18ClNO4/c1-9(5-14(18)19)8-16-13(17)7-10-6-11(15)3-4-12(10)20-2/h3-4,6,9H,5,7-8H2,1-2H3,(H,16,17)(H,18,19). The van der Waals surface area contributed by atoms with E-state index in [0.29, 0.717) is 22.9 Å². The van der Waals surface area contributed by atoms with Crippen LogP contribution in [-0.4, -0.2) is 30.6 Å². The van der Waals surface area contributed by atoms with E-state index in [1.807, 2.05) is 0 Å². The van der Waals surface area contributed by atoms with Gasteiger partial charge in [0.2, 0.25) is 5.91 Å². The first-order valence-electron chi connectivity index (χ1n) is 6.23. The Balaban J connectivity index is 2.54. The van der Waals surface area contributed by atoms with Gasteiger partial charge in [-0.1, -0.05) is 18.5 Å². The Morgan fingerprint density at radius 3 is 2.75 bits per heavy atom. The second kappa shape index (κ2) is 7.75. The van der Waals surface area contributed by atoms with Gasteiger partial charge in [0.15, 0.2) is 0 Å². The number of carbonyl (C=O) groups excluding carboxylic acids is 1. The molecule has 1 amide bonds. The number of carbonyl (C=O) groups is 2. The van der Waals surface area contributed by atoms with Crippen LogP contribution in [0.5, 0.6) is 5.75 Å². The van der Waals surface area contributed by atoms with E-state index in [1.54, 1.807) is 25.1 Å². The highest BCUT2D eigenvalue weighted by atomic mass is 35.5. The molecule has 0 fully saturated rings. The van der Waals surface area contributed by atoms with E-state index in [-0.39, 0.29) is 24.7 Å². The molecule has 110 valence electrons. The molecular weight excluding hydrogens is 282 g/mol. The largest absolute Gasteiger partial charge is 0.496 e. The highest BCUT2D eigenvalue weighted by Gasteiger charge is 2.12. The minimum absolute atomic E-state index is 0.0285. The van der Waals surface area contributed by atoms with E-state index in [2.05, 4.69) is 5.32 Å². The molecule has 2 N–H and O–H groups in total. The molecule has 1 rings (SSSR count). The summed E-state index contributed by atoms with van der Waals surface area (Å²) in [5.41, 5.74) is 0.698. The van der Waals surface area contributed by atoms with Crippen molar-refractivity contribution in [3.8, 4) is 5.75 Å². The zero-order chi connectivity index (χ0) is 15.1. The maximum atomic E-state index is 11.8. The molecule has 0 radical (unpaired) electrons. The molecule has 1 unspecified atom stereocenters. The normalized spacial score (nSPS) is 11.8. The van der Waals surface area contributed by atoms with Crippen LogP contribution in [0.1, 0.15) is 18.9 Å². The van der Waals surface area contributed by atoms with Crippen molar-refractivity contribution in [1.82, 2.24) is 5.32 Å². The molecule has 6 heteroatoms. The SMILES string of the molecule is COc1ccc(Cl)cc1CC(=O)NCC(C)CC(=O)O. The summed E-state index contributed by atoms with van der Waals surface area (Å²) in [5.74, 6) is -0.577. The van der Waals surface area contributed by atoms with Crippen molar-refractivity contribution >= 4 is 23.5 Å². The molecule has 1 aromatic carbocycles. The van der Waals surface area contributed by atoms with E-state index in [0.717, 1.165) is 0 Å². The first kappa shape index (κ1) is 16.3. The Bertz CT molecular complexity index is 490. The van der Waals surface area contributed by atoms with Gasteiger partial charge >= 0.3 is 5.97 Å². The summed E-state index contributed by atoms with van der Waals surface area (Å²) >= 11 is 5.89. The molecule has 0 aliphatic carbocycles. The highest BCUT2D eigenvalue weighted by molar-refractivity contribution is 6.30. The molecule has 0 heterocycles. The van der Waals surface area contributed by atoms with Gasteiger partial charge in [0.1, 0.15) is 5.75 Å². The lowest BCUT2D eigenvalue weighted by Crippen LogP contribution is -2.30. The Morgan fingerprint density at radius 2 is 2.15 bits per heavy atom. The second-order valence-electron chi connectivity index (χ2n) is 4.64. The third-order valence-electron chi connectivity index (χ3n) is 2.76. The number of halogens is 1. The molecule has 0 aliphatic heterocycles. The predicted octanol–water partition coefficient (Wildman–Crippen LogP) is 2.12. The van der Waals surface area contributed by atoms with Gasteiger partial charge in [0, 0.05) is 23.6 Å². The van der Waals surface area contributed by atoms with Gasteiger partial charge < -0.3 is 15.2 Å². The Labute approximate surface area is 122 Å². The first-order chi connectivity index (χ1) is 9.42. The van der Waals surface area contributed by atoms with Gasteiger partial charge in [-0.05, 0) is 24.1 Å². The number of carboxylic acid groups (broad SMARTS) is 1. The average Bonchev–Trinajstić information content (AvgIpc) is 2.36. The molecule has 0 aliphatic rings. The molecule has 0 bridgehead atoms. The van der Waals surface area contributed by atoms with Gasteiger partial charge in [-0.15, -0.1) is 0 Å². The number of benzene rings is 1. The van der Waals surface area contributed by atoms with Gasteiger partial charge in [-0.3, -0.25) is 9.59 Å². The number of hydrogen-bond acceptors (Lipinski definition) is 3. The van der Waals surface area contributed by atoms with Gasteiger partial charge in [-0.2, -0.15) is 0 Å². The van der Waals surface area contributed by atoms with Crippen LogP contribution in [0.2, 0.25) is 5.02 Å². The minimum Gasteiger partial charge on any atom is -0.496 e. The first-order valence-corrected chi connectivity index (χ1v) is 6.61. The van der Waals surface area contributed by atoms with Crippen molar-refractivity contribution in [3.63, 3.8) is 0 Å². The Kier molecular flexibility index (Phi) is 6.31. The van der Waals surface area contributed by atoms with E-state index >= 15 is 0 Å². The van der Waals surface area contributed by atoms with E-state index in [1.165, 1.54) is 7.11 Å². The number of rotatable bonds is 7. The van der Waals surface area contributed by atoms with Crippen LogP contribution in [-0.2, 0) is 16.0 Å². The minimum atomic E-state index is -0.872. The summed E-state index contributed by atoms with van der Waals surface area (Å²) in [6, 6.07) is 5.08. The third-order valence-corrected chi connectivity index (χ3v) is 3.00. The number of hydrogen-bond donors (Lipinski definition) is 2. The fourth-order valence-corrected chi connectivity index (χ4v) is 1.97. The zero-order valence-electron chi connectivity index (χ0n) is 11.5.